The summed E-state index contributed by atoms with van der Waals surface area (Å²) in [6.45, 7) is 18.8. The fourth-order valence-electron chi connectivity index (χ4n) is 2.58. The molecule has 0 spiro atoms. The van der Waals surface area contributed by atoms with E-state index in [1.807, 2.05) is 69.2 Å². The van der Waals surface area contributed by atoms with Crippen LogP contribution in [-0.2, 0) is 0 Å². The Labute approximate surface area is 127 Å². The summed E-state index contributed by atoms with van der Waals surface area (Å²) >= 11 is 0. The maximum atomic E-state index is 15.4. The van der Waals surface area contributed by atoms with Crippen molar-refractivity contribution in [1.29, 1.82) is 0 Å². The molecule has 0 saturated heterocycles. The first-order valence-corrected chi connectivity index (χ1v) is 11.4. The molecule has 0 bridgehead atoms. The molecule has 0 aromatic carbocycles. The lowest BCUT2D eigenvalue weighted by Gasteiger charge is -2.36. The first-order chi connectivity index (χ1) is 8.59. The molecule has 0 heterocycles. The highest BCUT2D eigenvalue weighted by Gasteiger charge is 2.52. The molecule has 0 nitrogen and oxygen atoms in total. The minimum atomic E-state index is -3.33. The Morgan fingerprint density at radius 1 is 0.650 bits per heavy atom. The Kier molecular flexibility index (Phi) is 5.88. The molecule has 0 saturated carbocycles. The van der Waals surface area contributed by atoms with Gasteiger partial charge in [0, 0.05) is 0 Å². The lowest BCUT2D eigenvalue weighted by atomic mass is 10.2. The number of hydrogen-bond acceptors (Lipinski definition) is 0. The minimum Gasteiger partial charge on any atom is -0.296 e. The van der Waals surface area contributed by atoms with E-state index in [1.165, 1.54) is 0 Å². The zero-order valence-corrected chi connectivity index (χ0v) is 16.9. The molecule has 0 aliphatic rings. The monoisotopic (exact) mass is 318 g/mol. The summed E-state index contributed by atoms with van der Waals surface area (Å²) in [4.78, 5) is 0. The van der Waals surface area contributed by atoms with Crippen LogP contribution in [0.3, 0.4) is 0 Å². The lowest BCUT2D eigenvalue weighted by molar-refractivity contribution is 0.595. The van der Waals surface area contributed by atoms with Gasteiger partial charge in [-0.3, -0.25) is 8.22 Å². The van der Waals surface area contributed by atoms with E-state index < -0.39 is 26.9 Å². The maximum Gasteiger partial charge on any atom is 0.330 e. The Balaban J connectivity index is 5.91. The second-order valence-corrected chi connectivity index (χ2v) is 17.1. The van der Waals surface area contributed by atoms with Crippen LogP contribution in [0.1, 0.15) is 69.2 Å². The van der Waals surface area contributed by atoms with Crippen molar-refractivity contribution in [2.24, 2.45) is 0 Å². The molecule has 2 atom stereocenters. The van der Waals surface area contributed by atoms with Crippen molar-refractivity contribution in [3.8, 4) is 11.1 Å². The highest BCUT2D eigenvalue weighted by molar-refractivity contribution is 6.90. The Morgan fingerprint density at radius 3 is 0.950 bits per heavy atom. The molecule has 0 aromatic heterocycles. The molecule has 0 N–H and O–H groups in total. The second kappa shape index (κ2) is 5.92. The van der Waals surface area contributed by atoms with Gasteiger partial charge in [-0.25, -0.2) is 0 Å². The van der Waals surface area contributed by atoms with E-state index in [9.17, 15) is 0 Å². The molecule has 118 valence electrons. The third-order valence-corrected chi connectivity index (χ3v) is 13.0. The summed E-state index contributed by atoms with van der Waals surface area (Å²) in [5.41, 5.74) is 5.50. The number of rotatable bonds is 2. The van der Waals surface area contributed by atoms with Crippen LogP contribution >= 0.6 is 0 Å². The van der Waals surface area contributed by atoms with Gasteiger partial charge in [0.2, 0.25) is 0 Å². The SMILES string of the molecule is CC(C)[Si](F)(C#C[Si](F)(C(C)C)C(C)(C)C)C(C)(C)C. The quantitative estimate of drug-likeness (QED) is 0.317. The van der Waals surface area contributed by atoms with Crippen LogP contribution in [-0.4, -0.2) is 16.8 Å². The fraction of sp³-hybridized carbons (Fsp3) is 0.875. The Hall–Kier alpha value is -0.146. The zero-order chi connectivity index (χ0) is 16.6. The van der Waals surface area contributed by atoms with E-state index in [1.54, 1.807) is 0 Å². The van der Waals surface area contributed by atoms with Gasteiger partial charge in [-0.15, -0.1) is 0 Å². The van der Waals surface area contributed by atoms with Gasteiger partial charge in [0.1, 0.15) is 0 Å². The Bertz CT molecular complexity index is 357. The molecular weight excluding hydrogens is 286 g/mol. The van der Waals surface area contributed by atoms with Crippen LogP contribution in [0.15, 0.2) is 0 Å². The highest BCUT2D eigenvalue weighted by Crippen LogP contribution is 2.46. The van der Waals surface area contributed by atoms with Crippen LogP contribution in [0.25, 0.3) is 0 Å². The number of halogens is 2. The van der Waals surface area contributed by atoms with E-state index in [0.29, 0.717) is 0 Å². The Morgan fingerprint density at radius 2 is 0.850 bits per heavy atom. The maximum absolute atomic E-state index is 15.4. The van der Waals surface area contributed by atoms with Crippen LogP contribution in [0.2, 0.25) is 21.2 Å². The van der Waals surface area contributed by atoms with E-state index in [-0.39, 0.29) is 11.1 Å². The summed E-state index contributed by atoms with van der Waals surface area (Å²) in [7, 11) is -6.66. The molecule has 2 unspecified atom stereocenters. The van der Waals surface area contributed by atoms with Gasteiger partial charge in [0.15, 0.2) is 0 Å². The molecule has 4 heteroatoms. The molecule has 20 heavy (non-hydrogen) atoms. The fourth-order valence-corrected chi connectivity index (χ4v) is 8.82. The van der Waals surface area contributed by atoms with Gasteiger partial charge >= 0.3 is 16.8 Å². The standard InChI is InChI=1S/C16H32F2Si2/c1-13(2)19(17,15(5,6)7)11-12-20(18,14(3)4)16(8,9)10/h13-14H,1-10H3. The molecule has 0 fully saturated rings. The molecule has 0 radical (unpaired) electrons. The average Bonchev–Trinajstić information content (AvgIpc) is 2.21. The molecule has 0 aliphatic carbocycles. The van der Waals surface area contributed by atoms with Crippen molar-refractivity contribution in [3.05, 3.63) is 0 Å². The smallest absolute Gasteiger partial charge is 0.296 e. The van der Waals surface area contributed by atoms with E-state index in [2.05, 4.69) is 11.1 Å². The van der Waals surface area contributed by atoms with Gasteiger partial charge in [0.25, 0.3) is 0 Å². The van der Waals surface area contributed by atoms with Crippen LogP contribution < -0.4 is 0 Å². The van der Waals surface area contributed by atoms with Crippen LogP contribution in [0.5, 0.6) is 0 Å². The predicted octanol–water partition coefficient (Wildman–Crippen LogP) is 6.32. The first kappa shape index (κ1) is 19.9. The molecule has 0 aliphatic heterocycles. The second-order valence-electron chi connectivity index (χ2n) is 8.48. The third-order valence-electron chi connectivity index (χ3n) is 4.20. The lowest BCUT2D eigenvalue weighted by Crippen LogP contribution is -2.45. The summed E-state index contributed by atoms with van der Waals surface area (Å²) in [5, 5.41) is -0.976. The molecular formula is C16H32F2Si2. The average molecular weight is 319 g/mol. The van der Waals surface area contributed by atoms with E-state index in [0.717, 1.165) is 0 Å². The van der Waals surface area contributed by atoms with Crippen molar-refractivity contribution in [3.63, 3.8) is 0 Å². The van der Waals surface area contributed by atoms with E-state index >= 15 is 8.22 Å². The zero-order valence-electron chi connectivity index (χ0n) is 14.9. The molecule has 0 rings (SSSR count). The van der Waals surface area contributed by atoms with Crippen molar-refractivity contribution in [1.82, 2.24) is 0 Å². The predicted molar refractivity (Wildman–Crippen MR) is 91.1 cm³/mol. The van der Waals surface area contributed by atoms with Crippen molar-refractivity contribution >= 4 is 16.8 Å². The topological polar surface area (TPSA) is 0 Å². The summed E-state index contributed by atoms with van der Waals surface area (Å²) < 4.78 is 30.8. The summed E-state index contributed by atoms with van der Waals surface area (Å²) in [6.07, 6.45) is 0. The normalized spacial score (nSPS) is 19.3. The van der Waals surface area contributed by atoms with Gasteiger partial charge in [0.05, 0.1) is 0 Å². The van der Waals surface area contributed by atoms with Crippen molar-refractivity contribution in [2.75, 3.05) is 0 Å². The summed E-state index contributed by atoms with van der Waals surface area (Å²) in [6, 6.07) is 0. The van der Waals surface area contributed by atoms with Gasteiger partial charge in [-0.1, -0.05) is 80.3 Å². The first-order valence-electron chi connectivity index (χ1n) is 7.51. The van der Waals surface area contributed by atoms with Gasteiger partial charge < -0.3 is 0 Å². The van der Waals surface area contributed by atoms with Crippen LogP contribution in [0.4, 0.5) is 8.22 Å². The molecule has 0 amide bonds. The largest absolute Gasteiger partial charge is 0.330 e. The van der Waals surface area contributed by atoms with Gasteiger partial charge in [-0.2, -0.15) is 0 Å². The van der Waals surface area contributed by atoms with Crippen LogP contribution in [0, 0.1) is 11.1 Å². The van der Waals surface area contributed by atoms with E-state index in [4.69, 9.17) is 0 Å². The number of hydrogen-bond donors (Lipinski definition) is 0. The molecule has 0 aromatic rings. The summed E-state index contributed by atoms with van der Waals surface area (Å²) in [5.74, 6) is 0. The van der Waals surface area contributed by atoms with Crippen molar-refractivity contribution < 1.29 is 8.22 Å². The van der Waals surface area contributed by atoms with Crippen molar-refractivity contribution in [2.45, 2.75) is 90.4 Å². The highest BCUT2D eigenvalue weighted by atomic mass is 28.4. The minimum absolute atomic E-state index is 0.125. The third kappa shape index (κ3) is 3.73. The van der Waals surface area contributed by atoms with Gasteiger partial charge in [-0.05, 0) is 21.2 Å².